The molecule has 4 nitrogen and oxygen atoms in total. The number of rotatable bonds is 5. The number of benzene rings is 1. The van der Waals surface area contributed by atoms with Gasteiger partial charge in [0.05, 0.1) is 7.11 Å². The molecule has 1 aliphatic rings. The van der Waals surface area contributed by atoms with Gasteiger partial charge in [0.25, 0.3) is 0 Å². The third-order valence-corrected chi connectivity index (χ3v) is 3.28. The predicted molar refractivity (Wildman–Crippen MR) is 68.5 cm³/mol. The average molecular weight is 267 g/mol. The van der Waals surface area contributed by atoms with Crippen LogP contribution in [0.2, 0.25) is 0 Å². The standard InChI is InChI=1S/C14H18FNO3/c1-18-14(17)13-6-3-7-16(13)8-9-19-12-5-2-4-11(15)10-12/h2,4-5,10,13H,3,6-9H2,1H3. The Kier molecular flexibility index (Phi) is 4.74. The molecule has 0 radical (unpaired) electrons. The van der Waals surface area contributed by atoms with Gasteiger partial charge >= 0.3 is 5.97 Å². The second-order valence-corrected chi connectivity index (χ2v) is 4.52. The van der Waals surface area contributed by atoms with Crippen molar-refractivity contribution in [3.8, 4) is 5.75 Å². The normalized spacial score (nSPS) is 19.4. The smallest absolute Gasteiger partial charge is 0.323 e. The van der Waals surface area contributed by atoms with Crippen LogP contribution < -0.4 is 4.74 Å². The number of methoxy groups -OCH3 is 1. The van der Waals surface area contributed by atoms with Crippen molar-refractivity contribution in [1.82, 2.24) is 4.90 Å². The molecule has 0 N–H and O–H groups in total. The lowest BCUT2D eigenvalue weighted by atomic mass is 10.2. The van der Waals surface area contributed by atoms with E-state index in [9.17, 15) is 9.18 Å². The number of carbonyl (C=O) groups excluding carboxylic acids is 1. The Balaban J connectivity index is 1.80. The Hall–Kier alpha value is -1.62. The Morgan fingerprint density at radius 2 is 2.37 bits per heavy atom. The van der Waals surface area contributed by atoms with Crippen molar-refractivity contribution in [3.63, 3.8) is 0 Å². The lowest BCUT2D eigenvalue weighted by Crippen LogP contribution is -2.39. The van der Waals surface area contributed by atoms with Crippen LogP contribution in [0.1, 0.15) is 12.8 Å². The van der Waals surface area contributed by atoms with E-state index in [1.807, 2.05) is 4.90 Å². The highest BCUT2D eigenvalue weighted by Gasteiger charge is 2.30. The van der Waals surface area contributed by atoms with Crippen LogP contribution in [0.4, 0.5) is 4.39 Å². The van der Waals surface area contributed by atoms with Crippen molar-refractivity contribution in [3.05, 3.63) is 30.1 Å². The Morgan fingerprint density at radius 3 is 3.11 bits per heavy atom. The number of ether oxygens (including phenoxy) is 2. The molecule has 1 unspecified atom stereocenters. The number of carbonyl (C=O) groups is 1. The van der Waals surface area contributed by atoms with E-state index in [0.717, 1.165) is 19.4 Å². The molecule has 1 aromatic carbocycles. The molecule has 104 valence electrons. The number of esters is 1. The molecule has 19 heavy (non-hydrogen) atoms. The van der Waals surface area contributed by atoms with Crippen molar-refractivity contribution in [1.29, 1.82) is 0 Å². The zero-order chi connectivity index (χ0) is 13.7. The van der Waals surface area contributed by atoms with E-state index in [4.69, 9.17) is 9.47 Å². The summed E-state index contributed by atoms with van der Waals surface area (Å²) < 4.78 is 23.2. The molecule has 0 aliphatic carbocycles. The van der Waals surface area contributed by atoms with Gasteiger partial charge in [0, 0.05) is 12.6 Å². The van der Waals surface area contributed by atoms with E-state index in [-0.39, 0.29) is 17.8 Å². The molecule has 0 saturated carbocycles. The van der Waals surface area contributed by atoms with Gasteiger partial charge in [-0.3, -0.25) is 9.69 Å². The van der Waals surface area contributed by atoms with Crippen LogP contribution in [0.15, 0.2) is 24.3 Å². The first-order valence-electron chi connectivity index (χ1n) is 6.41. The molecule has 1 fully saturated rings. The molecule has 0 aromatic heterocycles. The SMILES string of the molecule is COC(=O)C1CCCN1CCOc1cccc(F)c1. The third-order valence-electron chi connectivity index (χ3n) is 3.28. The summed E-state index contributed by atoms with van der Waals surface area (Å²) in [7, 11) is 1.40. The molecule has 0 bridgehead atoms. The third kappa shape index (κ3) is 3.67. The summed E-state index contributed by atoms with van der Waals surface area (Å²) in [5.74, 6) is 0.00294. The van der Waals surface area contributed by atoms with Crippen molar-refractivity contribution < 1.29 is 18.7 Å². The number of hydrogen-bond acceptors (Lipinski definition) is 4. The molecule has 1 aromatic rings. The first-order valence-corrected chi connectivity index (χ1v) is 6.41. The zero-order valence-corrected chi connectivity index (χ0v) is 11.0. The van der Waals surface area contributed by atoms with Crippen LogP contribution in [0.3, 0.4) is 0 Å². The number of hydrogen-bond donors (Lipinski definition) is 0. The summed E-state index contributed by atoms with van der Waals surface area (Å²) in [6.07, 6.45) is 1.81. The number of halogens is 1. The van der Waals surface area contributed by atoms with E-state index in [2.05, 4.69) is 0 Å². The van der Waals surface area contributed by atoms with Gasteiger partial charge in [-0.1, -0.05) is 6.07 Å². The number of likely N-dealkylation sites (tertiary alicyclic amines) is 1. The Morgan fingerprint density at radius 1 is 1.53 bits per heavy atom. The average Bonchev–Trinajstić information content (AvgIpc) is 2.86. The summed E-state index contributed by atoms with van der Waals surface area (Å²) in [6.45, 7) is 1.93. The van der Waals surface area contributed by atoms with Crippen molar-refractivity contribution in [2.24, 2.45) is 0 Å². The molecule has 0 amide bonds. The van der Waals surface area contributed by atoms with Gasteiger partial charge in [0.2, 0.25) is 0 Å². The highest BCUT2D eigenvalue weighted by atomic mass is 19.1. The monoisotopic (exact) mass is 267 g/mol. The van der Waals surface area contributed by atoms with E-state index in [1.165, 1.54) is 19.2 Å². The van der Waals surface area contributed by atoms with Crippen molar-refractivity contribution in [2.75, 3.05) is 26.8 Å². The topological polar surface area (TPSA) is 38.8 Å². The molecular weight excluding hydrogens is 249 g/mol. The fraction of sp³-hybridized carbons (Fsp3) is 0.500. The van der Waals surface area contributed by atoms with Crippen LogP contribution in [0.25, 0.3) is 0 Å². The number of nitrogens with zero attached hydrogens (tertiary/aromatic N) is 1. The second kappa shape index (κ2) is 6.52. The van der Waals surface area contributed by atoms with Gasteiger partial charge in [0.1, 0.15) is 24.2 Å². The van der Waals surface area contributed by atoms with Crippen LogP contribution in [-0.4, -0.2) is 43.7 Å². The van der Waals surface area contributed by atoms with E-state index < -0.39 is 0 Å². The zero-order valence-electron chi connectivity index (χ0n) is 11.0. The quantitative estimate of drug-likeness (QED) is 0.763. The van der Waals surface area contributed by atoms with E-state index >= 15 is 0 Å². The molecule has 1 saturated heterocycles. The first kappa shape index (κ1) is 13.8. The maximum atomic E-state index is 13.0. The lowest BCUT2D eigenvalue weighted by molar-refractivity contribution is -0.145. The second-order valence-electron chi connectivity index (χ2n) is 4.52. The van der Waals surface area contributed by atoms with Crippen LogP contribution in [0.5, 0.6) is 5.75 Å². The van der Waals surface area contributed by atoms with Gasteiger partial charge in [-0.05, 0) is 31.5 Å². The minimum atomic E-state index is -0.314. The molecule has 1 aliphatic heterocycles. The Labute approximate surface area is 112 Å². The molecule has 0 spiro atoms. The van der Waals surface area contributed by atoms with Gasteiger partial charge in [-0.15, -0.1) is 0 Å². The van der Waals surface area contributed by atoms with Crippen molar-refractivity contribution >= 4 is 5.97 Å². The summed E-state index contributed by atoms with van der Waals surface area (Å²) in [4.78, 5) is 13.6. The molecule has 5 heteroatoms. The van der Waals surface area contributed by atoms with Crippen LogP contribution >= 0.6 is 0 Å². The fourth-order valence-electron chi connectivity index (χ4n) is 2.33. The molecular formula is C14H18FNO3. The minimum absolute atomic E-state index is 0.166. The Bertz CT molecular complexity index is 438. The van der Waals surface area contributed by atoms with Gasteiger partial charge < -0.3 is 9.47 Å². The van der Waals surface area contributed by atoms with Gasteiger partial charge in [-0.25, -0.2) is 4.39 Å². The summed E-state index contributed by atoms with van der Waals surface area (Å²) >= 11 is 0. The molecule has 2 rings (SSSR count). The first-order chi connectivity index (χ1) is 9.20. The fourth-order valence-corrected chi connectivity index (χ4v) is 2.33. The highest BCUT2D eigenvalue weighted by Crippen LogP contribution is 2.18. The predicted octanol–water partition coefficient (Wildman–Crippen LogP) is 1.84. The minimum Gasteiger partial charge on any atom is -0.492 e. The van der Waals surface area contributed by atoms with E-state index in [0.29, 0.717) is 18.9 Å². The maximum Gasteiger partial charge on any atom is 0.323 e. The van der Waals surface area contributed by atoms with Gasteiger partial charge in [0.15, 0.2) is 0 Å². The highest BCUT2D eigenvalue weighted by molar-refractivity contribution is 5.75. The van der Waals surface area contributed by atoms with Gasteiger partial charge in [-0.2, -0.15) is 0 Å². The van der Waals surface area contributed by atoms with Crippen LogP contribution in [0, 0.1) is 5.82 Å². The summed E-state index contributed by atoms with van der Waals surface area (Å²) in [6, 6.07) is 5.88. The maximum absolute atomic E-state index is 13.0. The van der Waals surface area contributed by atoms with Crippen molar-refractivity contribution in [2.45, 2.75) is 18.9 Å². The van der Waals surface area contributed by atoms with E-state index in [1.54, 1.807) is 12.1 Å². The van der Waals surface area contributed by atoms with Crippen LogP contribution in [-0.2, 0) is 9.53 Å². The summed E-state index contributed by atoms with van der Waals surface area (Å²) in [5, 5.41) is 0. The largest absolute Gasteiger partial charge is 0.492 e. The summed E-state index contributed by atoms with van der Waals surface area (Å²) in [5.41, 5.74) is 0. The molecule has 1 atom stereocenters. The lowest BCUT2D eigenvalue weighted by Gasteiger charge is -2.22. The molecule has 1 heterocycles.